The molecule has 0 unspecified atom stereocenters. The van der Waals surface area contributed by atoms with E-state index in [4.69, 9.17) is 5.11 Å². The van der Waals surface area contributed by atoms with Gasteiger partial charge in [0.15, 0.2) is 0 Å². The first-order valence-corrected chi connectivity index (χ1v) is 5.34. The highest BCUT2D eigenvalue weighted by Crippen LogP contribution is 2.24. The molecule has 16 heavy (non-hydrogen) atoms. The number of hydrogen-bond donors (Lipinski definition) is 1. The van der Waals surface area contributed by atoms with E-state index in [-0.39, 0.29) is 5.56 Å². The van der Waals surface area contributed by atoms with Gasteiger partial charge in [-0.15, -0.1) is 0 Å². The summed E-state index contributed by atoms with van der Waals surface area (Å²) in [5.41, 5.74) is 0.281. The van der Waals surface area contributed by atoms with E-state index in [2.05, 4.69) is 9.97 Å². The Morgan fingerprint density at radius 3 is 2.50 bits per heavy atom. The van der Waals surface area contributed by atoms with Crippen LogP contribution in [0, 0.1) is 0 Å². The van der Waals surface area contributed by atoms with Crippen molar-refractivity contribution in [1.29, 1.82) is 0 Å². The highest BCUT2D eigenvalue weighted by Gasteiger charge is 2.03. The number of aromatic nitrogens is 2. The average molecular weight is 232 g/mol. The fraction of sp³-hybridized carbons (Fsp3) is 0. The van der Waals surface area contributed by atoms with Gasteiger partial charge in [0.25, 0.3) is 0 Å². The smallest absolute Gasteiger partial charge is 0.335 e. The van der Waals surface area contributed by atoms with E-state index in [0.717, 1.165) is 9.92 Å². The molecule has 2 rings (SSSR count). The molecule has 0 bridgehead atoms. The summed E-state index contributed by atoms with van der Waals surface area (Å²) in [6.45, 7) is 0. The Balaban J connectivity index is 2.14. The van der Waals surface area contributed by atoms with E-state index in [0.29, 0.717) is 0 Å². The third-order valence-electron chi connectivity index (χ3n) is 1.86. The average Bonchev–Trinajstić information content (AvgIpc) is 2.31. The number of benzene rings is 1. The fourth-order valence-electron chi connectivity index (χ4n) is 1.12. The Labute approximate surface area is 96.4 Å². The van der Waals surface area contributed by atoms with Gasteiger partial charge >= 0.3 is 5.97 Å². The molecule has 2 aromatic rings. The summed E-state index contributed by atoms with van der Waals surface area (Å²) in [5.74, 6) is -0.920. The minimum atomic E-state index is -0.920. The number of carbonyl (C=O) groups is 1. The first-order valence-electron chi connectivity index (χ1n) is 4.53. The molecule has 4 nitrogen and oxygen atoms in total. The molecule has 0 saturated carbocycles. The maximum atomic E-state index is 10.6. The van der Waals surface area contributed by atoms with Crippen molar-refractivity contribution in [2.24, 2.45) is 0 Å². The van der Waals surface area contributed by atoms with E-state index in [1.807, 2.05) is 0 Å². The van der Waals surface area contributed by atoms with Crippen molar-refractivity contribution in [1.82, 2.24) is 9.97 Å². The van der Waals surface area contributed by atoms with Crippen molar-refractivity contribution in [2.45, 2.75) is 9.92 Å². The largest absolute Gasteiger partial charge is 0.478 e. The van der Waals surface area contributed by atoms with Gasteiger partial charge in [-0.25, -0.2) is 9.78 Å². The summed E-state index contributed by atoms with van der Waals surface area (Å²) < 4.78 is 0. The van der Waals surface area contributed by atoms with Gasteiger partial charge in [-0.3, -0.25) is 4.98 Å². The van der Waals surface area contributed by atoms with Gasteiger partial charge < -0.3 is 5.11 Å². The van der Waals surface area contributed by atoms with Gasteiger partial charge in [-0.05, 0) is 24.3 Å². The monoisotopic (exact) mass is 232 g/mol. The lowest BCUT2D eigenvalue weighted by Gasteiger charge is -2.00. The van der Waals surface area contributed by atoms with E-state index in [1.54, 1.807) is 42.9 Å². The first-order chi connectivity index (χ1) is 7.75. The summed E-state index contributed by atoms with van der Waals surface area (Å²) in [6.07, 6.45) is 4.89. The molecule has 0 atom stereocenters. The van der Waals surface area contributed by atoms with Gasteiger partial charge in [0.2, 0.25) is 0 Å². The lowest BCUT2D eigenvalue weighted by atomic mass is 10.2. The molecule has 1 aromatic carbocycles. The van der Waals surface area contributed by atoms with Crippen LogP contribution in [-0.2, 0) is 0 Å². The van der Waals surface area contributed by atoms with Gasteiger partial charge in [0.1, 0.15) is 5.03 Å². The van der Waals surface area contributed by atoms with Crippen LogP contribution in [0.4, 0.5) is 0 Å². The molecule has 0 fully saturated rings. The zero-order valence-electron chi connectivity index (χ0n) is 8.20. The van der Waals surface area contributed by atoms with Crippen LogP contribution in [0.3, 0.4) is 0 Å². The molecule has 5 heteroatoms. The highest BCUT2D eigenvalue weighted by atomic mass is 32.2. The molecular formula is C11H8N2O2S. The maximum absolute atomic E-state index is 10.6. The molecule has 0 aliphatic rings. The molecule has 0 aliphatic carbocycles. The van der Waals surface area contributed by atoms with Gasteiger partial charge in [0, 0.05) is 17.3 Å². The van der Waals surface area contributed by atoms with Crippen LogP contribution in [0.5, 0.6) is 0 Å². The van der Waals surface area contributed by atoms with Crippen molar-refractivity contribution in [2.75, 3.05) is 0 Å². The lowest BCUT2D eigenvalue weighted by molar-refractivity contribution is 0.0697. The first kappa shape index (κ1) is 10.6. The summed E-state index contributed by atoms with van der Waals surface area (Å²) in [6, 6.07) is 6.65. The summed E-state index contributed by atoms with van der Waals surface area (Å²) in [4.78, 5) is 19.6. The topological polar surface area (TPSA) is 63.1 Å². The summed E-state index contributed by atoms with van der Waals surface area (Å²) in [7, 11) is 0. The van der Waals surface area contributed by atoms with Crippen molar-refractivity contribution >= 4 is 17.7 Å². The van der Waals surface area contributed by atoms with Crippen molar-refractivity contribution in [3.8, 4) is 0 Å². The second kappa shape index (κ2) is 4.76. The molecule has 80 valence electrons. The van der Waals surface area contributed by atoms with Crippen molar-refractivity contribution in [3.63, 3.8) is 0 Å². The Bertz CT molecular complexity index is 485. The normalized spacial score (nSPS) is 10.0. The Morgan fingerprint density at radius 2 is 1.94 bits per heavy atom. The van der Waals surface area contributed by atoms with Gasteiger partial charge in [-0.1, -0.05) is 11.8 Å². The molecule has 0 radical (unpaired) electrons. The van der Waals surface area contributed by atoms with Crippen LogP contribution >= 0.6 is 11.8 Å². The van der Waals surface area contributed by atoms with Crippen molar-refractivity contribution in [3.05, 3.63) is 48.4 Å². The maximum Gasteiger partial charge on any atom is 0.335 e. The second-order valence-corrected chi connectivity index (χ2v) is 4.07. The molecule has 1 heterocycles. The minimum absolute atomic E-state index is 0.281. The van der Waals surface area contributed by atoms with Crippen LogP contribution in [0.2, 0.25) is 0 Å². The lowest BCUT2D eigenvalue weighted by Crippen LogP contribution is -1.94. The quantitative estimate of drug-likeness (QED) is 0.879. The van der Waals surface area contributed by atoms with Crippen molar-refractivity contribution < 1.29 is 9.90 Å². The third kappa shape index (κ3) is 2.58. The molecule has 0 spiro atoms. The van der Waals surface area contributed by atoms with Crippen LogP contribution in [-0.4, -0.2) is 21.0 Å². The Hall–Kier alpha value is -1.88. The molecular weight excluding hydrogens is 224 g/mol. The third-order valence-corrected chi connectivity index (χ3v) is 2.79. The molecule has 0 aliphatic heterocycles. The Morgan fingerprint density at radius 1 is 1.19 bits per heavy atom. The van der Waals surface area contributed by atoms with Crippen LogP contribution in [0.1, 0.15) is 10.4 Å². The number of aromatic carboxylic acids is 1. The van der Waals surface area contributed by atoms with Crippen LogP contribution < -0.4 is 0 Å². The SMILES string of the molecule is O=C(O)c1ccc(Sc2cnccn2)cc1. The molecule has 0 saturated heterocycles. The van der Waals surface area contributed by atoms with E-state index in [1.165, 1.54) is 11.8 Å². The zero-order chi connectivity index (χ0) is 11.4. The highest BCUT2D eigenvalue weighted by molar-refractivity contribution is 7.99. The van der Waals surface area contributed by atoms with E-state index < -0.39 is 5.97 Å². The van der Waals surface area contributed by atoms with E-state index in [9.17, 15) is 4.79 Å². The Kier molecular flexibility index (Phi) is 3.16. The number of carboxylic acid groups (broad SMARTS) is 1. The molecule has 0 amide bonds. The predicted molar refractivity (Wildman–Crippen MR) is 59.6 cm³/mol. The number of rotatable bonds is 3. The van der Waals surface area contributed by atoms with Gasteiger partial charge in [0.05, 0.1) is 11.8 Å². The number of nitrogens with zero attached hydrogens (tertiary/aromatic N) is 2. The number of carboxylic acids is 1. The predicted octanol–water partition coefficient (Wildman–Crippen LogP) is 2.33. The summed E-state index contributed by atoms with van der Waals surface area (Å²) >= 11 is 1.44. The number of hydrogen-bond acceptors (Lipinski definition) is 4. The van der Waals surface area contributed by atoms with E-state index >= 15 is 0 Å². The zero-order valence-corrected chi connectivity index (χ0v) is 9.02. The summed E-state index contributed by atoms with van der Waals surface area (Å²) in [5, 5.41) is 9.52. The molecule has 1 N–H and O–H groups in total. The van der Waals surface area contributed by atoms with Crippen LogP contribution in [0.15, 0.2) is 52.8 Å². The molecule has 1 aromatic heterocycles. The standard InChI is InChI=1S/C11H8N2O2S/c14-11(15)8-1-3-9(4-2-8)16-10-7-12-5-6-13-10/h1-7H,(H,14,15). The van der Waals surface area contributed by atoms with Gasteiger partial charge in [-0.2, -0.15) is 0 Å². The second-order valence-electron chi connectivity index (χ2n) is 2.98. The van der Waals surface area contributed by atoms with Crippen LogP contribution in [0.25, 0.3) is 0 Å². The fourth-order valence-corrected chi connectivity index (χ4v) is 1.87. The minimum Gasteiger partial charge on any atom is -0.478 e.